The molecule has 1 atom stereocenters. The summed E-state index contributed by atoms with van der Waals surface area (Å²) >= 11 is 0. The van der Waals surface area contributed by atoms with Gasteiger partial charge in [0.05, 0.1) is 48.3 Å². The van der Waals surface area contributed by atoms with E-state index in [4.69, 9.17) is 24.7 Å². The van der Waals surface area contributed by atoms with Gasteiger partial charge in [-0.2, -0.15) is 5.26 Å². The van der Waals surface area contributed by atoms with Gasteiger partial charge in [-0.1, -0.05) is 18.2 Å². The predicted molar refractivity (Wildman–Crippen MR) is 152 cm³/mol. The molecule has 2 aromatic heterocycles. The first-order chi connectivity index (χ1) is 20.4. The molecule has 0 radical (unpaired) electrons. The van der Waals surface area contributed by atoms with E-state index in [0.717, 1.165) is 73.6 Å². The van der Waals surface area contributed by atoms with Gasteiger partial charge in [-0.15, -0.1) is 0 Å². The zero-order chi connectivity index (χ0) is 29.1. The number of ether oxygens (including phenoxy) is 2. The molecule has 6 rings (SSSR count). The van der Waals surface area contributed by atoms with Crippen molar-refractivity contribution in [2.45, 2.75) is 57.4 Å². The zero-order valence-corrected chi connectivity index (χ0v) is 23.2. The highest BCUT2D eigenvalue weighted by Crippen LogP contribution is 2.30. The first kappa shape index (κ1) is 27.8. The molecule has 0 aliphatic carbocycles. The molecule has 2 aliphatic heterocycles. The topological polar surface area (TPSA) is 114 Å². The minimum absolute atomic E-state index is 0.0238. The van der Waals surface area contributed by atoms with E-state index in [1.807, 2.05) is 36.4 Å². The van der Waals surface area contributed by atoms with Gasteiger partial charge in [0, 0.05) is 29.8 Å². The molecule has 0 saturated carbocycles. The Morgan fingerprint density at radius 3 is 2.67 bits per heavy atom. The molecule has 9 nitrogen and oxygen atoms in total. The van der Waals surface area contributed by atoms with Crippen LogP contribution < -0.4 is 4.74 Å². The van der Waals surface area contributed by atoms with Crippen LogP contribution in [-0.4, -0.2) is 56.3 Å². The van der Waals surface area contributed by atoms with Gasteiger partial charge in [0.15, 0.2) is 0 Å². The Morgan fingerprint density at radius 2 is 1.95 bits per heavy atom. The second-order valence-electron chi connectivity index (χ2n) is 11.0. The first-order valence-corrected chi connectivity index (χ1v) is 14.3. The number of carboxylic acids is 1. The average molecular weight is 570 g/mol. The van der Waals surface area contributed by atoms with E-state index in [1.54, 1.807) is 18.2 Å². The van der Waals surface area contributed by atoms with Gasteiger partial charge in [-0.25, -0.2) is 14.4 Å². The minimum atomic E-state index is -0.855. The lowest BCUT2D eigenvalue weighted by atomic mass is 9.93. The SMILES string of the molecule is N#Cc1ccc(COc2cccc(C3CCN(Cc4nc5cc(CC(=O)O)ccc5n4C[C@@H]4CCO4)CC3)n2)c(F)c1. The lowest BCUT2D eigenvalue weighted by Gasteiger charge is -2.32. The fourth-order valence-electron chi connectivity index (χ4n) is 5.68. The second-order valence-corrected chi connectivity index (χ2v) is 11.0. The number of piperidine rings is 1. The van der Waals surface area contributed by atoms with Crippen LogP contribution in [0.3, 0.4) is 0 Å². The summed E-state index contributed by atoms with van der Waals surface area (Å²) in [4.78, 5) is 23.3. The maximum atomic E-state index is 14.2. The van der Waals surface area contributed by atoms with Crippen LogP contribution in [0.4, 0.5) is 4.39 Å². The van der Waals surface area contributed by atoms with E-state index in [9.17, 15) is 14.3 Å². The number of nitriles is 1. The van der Waals surface area contributed by atoms with Gasteiger partial charge >= 0.3 is 5.97 Å². The Hall–Kier alpha value is -4.33. The number of carboxylic acid groups (broad SMARTS) is 1. The minimum Gasteiger partial charge on any atom is -0.481 e. The Balaban J connectivity index is 1.10. The van der Waals surface area contributed by atoms with Crippen LogP contribution in [0.5, 0.6) is 5.88 Å². The van der Waals surface area contributed by atoms with E-state index in [2.05, 4.69) is 9.47 Å². The van der Waals surface area contributed by atoms with Crippen LogP contribution in [0.1, 0.15) is 53.4 Å². The van der Waals surface area contributed by atoms with Gasteiger partial charge in [0.2, 0.25) is 5.88 Å². The molecule has 0 unspecified atom stereocenters. The van der Waals surface area contributed by atoms with Crippen molar-refractivity contribution in [2.75, 3.05) is 19.7 Å². The molecule has 0 bridgehead atoms. The van der Waals surface area contributed by atoms with Crippen molar-refractivity contribution in [2.24, 2.45) is 0 Å². The van der Waals surface area contributed by atoms with Crippen LogP contribution in [0.25, 0.3) is 11.0 Å². The summed E-state index contributed by atoms with van der Waals surface area (Å²) in [6.45, 7) is 4.05. The molecule has 0 spiro atoms. The third-order valence-corrected chi connectivity index (χ3v) is 8.10. The van der Waals surface area contributed by atoms with Gasteiger partial charge in [0.25, 0.3) is 0 Å². The number of nitrogens with zero attached hydrogens (tertiary/aromatic N) is 5. The molecule has 4 aromatic rings. The van der Waals surface area contributed by atoms with Crippen molar-refractivity contribution in [3.63, 3.8) is 0 Å². The molecule has 2 saturated heterocycles. The highest BCUT2D eigenvalue weighted by Gasteiger charge is 2.26. The van der Waals surface area contributed by atoms with Gasteiger partial charge in [-0.05, 0) is 68.2 Å². The molecular weight excluding hydrogens is 537 g/mol. The number of pyridine rings is 1. The van der Waals surface area contributed by atoms with Gasteiger partial charge in [-0.3, -0.25) is 9.69 Å². The molecule has 216 valence electrons. The fourth-order valence-corrected chi connectivity index (χ4v) is 5.68. The maximum Gasteiger partial charge on any atom is 0.307 e. The van der Waals surface area contributed by atoms with E-state index >= 15 is 0 Å². The molecule has 2 fully saturated rings. The number of rotatable bonds is 10. The molecule has 2 aromatic carbocycles. The number of aliphatic carboxylic acids is 1. The summed E-state index contributed by atoms with van der Waals surface area (Å²) in [5, 5.41) is 18.1. The Kier molecular flexibility index (Phi) is 8.13. The van der Waals surface area contributed by atoms with Crippen molar-refractivity contribution in [3.8, 4) is 11.9 Å². The number of hydrogen-bond acceptors (Lipinski definition) is 7. The van der Waals surface area contributed by atoms with Crippen molar-refractivity contribution in [1.29, 1.82) is 5.26 Å². The summed E-state index contributed by atoms with van der Waals surface area (Å²) in [7, 11) is 0. The standard InChI is InChI=1S/C32H32FN5O4/c33-26-14-22(17-34)4-6-24(26)20-42-31-3-1-2-27(36-31)23-8-11-37(12-9-23)19-30-35-28-15-21(16-32(39)40)5-7-29(28)38(30)18-25-10-13-41-25/h1-7,14-15,23,25H,8-13,16,18-20H2,(H,39,40)/t25-/m0/s1. The summed E-state index contributed by atoms with van der Waals surface area (Å²) in [5.74, 6) is 0.388. The number of aromatic nitrogens is 3. The number of carbonyl (C=O) groups is 1. The third-order valence-electron chi connectivity index (χ3n) is 8.10. The third kappa shape index (κ3) is 6.27. The first-order valence-electron chi connectivity index (χ1n) is 14.3. The van der Waals surface area contributed by atoms with Crippen molar-refractivity contribution < 1.29 is 23.8 Å². The molecule has 42 heavy (non-hydrogen) atoms. The molecule has 4 heterocycles. The van der Waals surface area contributed by atoms with Crippen LogP contribution in [-0.2, 0) is 35.6 Å². The largest absolute Gasteiger partial charge is 0.481 e. The number of benzene rings is 2. The monoisotopic (exact) mass is 569 g/mol. The fraction of sp³-hybridized carbons (Fsp3) is 0.375. The Labute approximate surface area is 243 Å². The van der Waals surface area contributed by atoms with Crippen LogP contribution in [0.2, 0.25) is 0 Å². The average Bonchev–Trinajstić information content (AvgIpc) is 3.30. The van der Waals surface area contributed by atoms with Crippen molar-refractivity contribution in [1.82, 2.24) is 19.4 Å². The van der Waals surface area contributed by atoms with Crippen molar-refractivity contribution >= 4 is 17.0 Å². The number of imidazole rings is 1. The molecule has 1 N–H and O–H groups in total. The molecule has 2 aliphatic rings. The highest BCUT2D eigenvalue weighted by atomic mass is 19.1. The summed E-state index contributed by atoms with van der Waals surface area (Å²) in [5.41, 5.74) is 4.19. The number of fused-ring (bicyclic) bond motifs is 1. The maximum absolute atomic E-state index is 14.2. The molecular formula is C32H32FN5O4. The summed E-state index contributed by atoms with van der Waals surface area (Å²) in [6.07, 6.45) is 3.06. The quantitative estimate of drug-likeness (QED) is 0.289. The number of halogens is 1. The number of hydrogen-bond donors (Lipinski definition) is 1. The summed E-state index contributed by atoms with van der Waals surface area (Å²) < 4.78 is 28.0. The van der Waals surface area contributed by atoms with Gasteiger partial charge < -0.3 is 19.1 Å². The van der Waals surface area contributed by atoms with Crippen LogP contribution in [0, 0.1) is 17.1 Å². The normalized spacial score (nSPS) is 17.6. The lowest BCUT2D eigenvalue weighted by molar-refractivity contribution is -0.136. The van der Waals surface area contributed by atoms with Crippen LogP contribution in [0.15, 0.2) is 54.6 Å². The smallest absolute Gasteiger partial charge is 0.307 e. The highest BCUT2D eigenvalue weighted by molar-refractivity contribution is 5.79. The van der Waals surface area contributed by atoms with Gasteiger partial charge in [0.1, 0.15) is 18.2 Å². The lowest BCUT2D eigenvalue weighted by Crippen LogP contribution is -2.35. The Bertz CT molecular complexity index is 1640. The second kappa shape index (κ2) is 12.3. The summed E-state index contributed by atoms with van der Waals surface area (Å²) in [6, 6.07) is 17.7. The van der Waals surface area contributed by atoms with E-state index < -0.39 is 11.8 Å². The zero-order valence-electron chi connectivity index (χ0n) is 23.2. The van der Waals surface area contributed by atoms with E-state index in [0.29, 0.717) is 18.0 Å². The van der Waals surface area contributed by atoms with E-state index in [1.165, 1.54) is 6.07 Å². The predicted octanol–water partition coefficient (Wildman–Crippen LogP) is 4.82. The molecule has 0 amide bonds. The number of likely N-dealkylation sites (tertiary alicyclic amines) is 1. The van der Waals surface area contributed by atoms with E-state index in [-0.39, 0.29) is 30.6 Å². The molecule has 10 heteroatoms. The van der Waals surface area contributed by atoms with Crippen molar-refractivity contribution in [3.05, 3.63) is 88.6 Å². The Morgan fingerprint density at radius 1 is 1.12 bits per heavy atom. The van der Waals surface area contributed by atoms with Crippen LogP contribution >= 0.6 is 0 Å².